The van der Waals surface area contributed by atoms with E-state index in [9.17, 15) is 19.8 Å². The summed E-state index contributed by atoms with van der Waals surface area (Å²) in [4.78, 5) is 27.8. The number of hydrogen-bond donors (Lipinski definition) is 3. The number of hydrogen-bond acceptors (Lipinski definition) is 7. The van der Waals surface area contributed by atoms with E-state index in [1.165, 1.54) is 30.6 Å². The van der Waals surface area contributed by atoms with Crippen molar-refractivity contribution in [1.82, 2.24) is 4.98 Å². The number of fused-ring (bicyclic) bond motifs is 1. The summed E-state index contributed by atoms with van der Waals surface area (Å²) in [6, 6.07) is 5.06. The van der Waals surface area contributed by atoms with Gasteiger partial charge in [-0.3, -0.25) is 15.1 Å². The summed E-state index contributed by atoms with van der Waals surface area (Å²) in [5, 5.41) is 22.2. The van der Waals surface area contributed by atoms with Crippen molar-refractivity contribution in [3.63, 3.8) is 0 Å². The normalized spacial score (nSPS) is 10.6. The van der Waals surface area contributed by atoms with Crippen LogP contribution in [0.2, 0.25) is 0 Å². The maximum absolute atomic E-state index is 12.2. The predicted octanol–water partition coefficient (Wildman–Crippen LogP) is 2.83. The lowest BCUT2D eigenvalue weighted by Crippen LogP contribution is -2.14. The second kappa shape index (κ2) is 6.52. The second-order valence-corrected chi connectivity index (χ2v) is 5.08. The Morgan fingerprint density at radius 1 is 1.28 bits per heavy atom. The van der Waals surface area contributed by atoms with E-state index in [0.717, 1.165) is 6.07 Å². The van der Waals surface area contributed by atoms with Gasteiger partial charge in [0, 0.05) is 30.1 Å². The number of phenolic OH excluding ortho intramolecular Hbond substituents is 2. The third-order valence-electron chi connectivity index (χ3n) is 3.42. The fraction of sp³-hybridized carbons (Fsp3) is 0.118. The summed E-state index contributed by atoms with van der Waals surface area (Å²) >= 11 is 0. The molecule has 0 saturated heterocycles. The van der Waals surface area contributed by atoms with Crippen LogP contribution in [0.4, 0.5) is 10.5 Å². The van der Waals surface area contributed by atoms with Gasteiger partial charge in [-0.05, 0) is 19.1 Å². The zero-order valence-electron chi connectivity index (χ0n) is 13.1. The average Bonchev–Trinajstić information content (AvgIpc) is 2.58. The molecule has 0 aliphatic heterocycles. The molecule has 0 unspecified atom stereocenters. The standard InChI is InChI=1S/C17H14N2O6/c1-2-24-17(23)19-11-6-14(22)13(21)5-9(11)16-7-12(20)10-8-18-4-3-15(10)25-16/h3-8,21-22H,2H2,1H3,(H,19,23). The van der Waals surface area contributed by atoms with Crippen LogP contribution in [-0.2, 0) is 4.74 Å². The summed E-state index contributed by atoms with van der Waals surface area (Å²) in [6.07, 6.45) is 2.11. The molecule has 0 aliphatic rings. The third kappa shape index (κ3) is 3.23. The number of carbonyl (C=O) groups is 1. The molecule has 3 aromatic rings. The number of amides is 1. The highest BCUT2D eigenvalue weighted by molar-refractivity contribution is 5.92. The van der Waals surface area contributed by atoms with Gasteiger partial charge in [0.25, 0.3) is 0 Å². The lowest BCUT2D eigenvalue weighted by Gasteiger charge is -2.12. The van der Waals surface area contributed by atoms with Gasteiger partial charge in [0.05, 0.1) is 17.7 Å². The van der Waals surface area contributed by atoms with Crippen LogP contribution in [0.3, 0.4) is 0 Å². The number of nitrogens with one attached hydrogen (secondary N) is 1. The van der Waals surface area contributed by atoms with E-state index in [1.54, 1.807) is 6.92 Å². The Kier molecular flexibility index (Phi) is 4.25. The van der Waals surface area contributed by atoms with E-state index < -0.39 is 17.6 Å². The van der Waals surface area contributed by atoms with Gasteiger partial charge < -0.3 is 19.4 Å². The Bertz CT molecular complexity index is 1010. The summed E-state index contributed by atoms with van der Waals surface area (Å²) < 4.78 is 10.5. The first-order valence-corrected chi connectivity index (χ1v) is 7.37. The predicted molar refractivity (Wildman–Crippen MR) is 89.7 cm³/mol. The summed E-state index contributed by atoms with van der Waals surface area (Å²) in [5.41, 5.74) is 0.288. The lowest BCUT2D eigenvalue weighted by atomic mass is 10.1. The molecule has 8 nitrogen and oxygen atoms in total. The van der Waals surface area contributed by atoms with Crippen molar-refractivity contribution in [3.8, 4) is 22.8 Å². The van der Waals surface area contributed by atoms with Crippen molar-refractivity contribution in [2.45, 2.75) is 6.92 Å². The largest absolute Gasteiger partial charge is 0.504 e. The summed E-state index contributed by atoms with van der Waals surface area (Å²) in [6.45, 7) is 1.80. The van der Waals surface area contributed by atoms with Crippen LogP contribution in [0.15, 0.2) is 45.9 Å². The minimum Gasteiger partial charge on any atom is -0.504 e. The maximum atomic E-state index is 12.2. The first kappa shape index (κ1) is 16.3. The van der Waals surface area contributed by atoms with Crippen LogP contribution in [0.1, 0.15) is 6.92 Å². The number of rotatable bonds is 3. The van der Waals surface area contributed by atoms with Gasteiger partial charge >= 0.3 is 6.09 Å². The van der Waals surface area contributed by atoms with E-state index in [-0.39, 0.29) is 29.0 Å². The van der Waals surface area contributed by atoms with E-state index in [4.69, 9.17) is 9.15 Å². The van der Waals surface area contributed by atoms with Crippen LogP contribution >= 0.6 is 0 Å². The number of carbonyl (C=O) groups excluding carboxylic acids is 1. The molecule has 0 saturated carbocycles. The first-order chi connectivity index (χ1) is 12.0. The van der Waals surface area contributed by atoms with Crippen LogP contribution in [0, 0.1) is 0 Å². The topological polar surface area (TPSA) is 122 Å². The van der Waals surface area contributed by atoms with E-state index >= 15 is 0 Å². The molecule has 0 radical (unpaired) electrons. The molecule has 0 atom stereocenters. The maximum Gasteiger partial charge on any atom is 0.411 e. The number of benzene rings is 1. The highest BCUT2D eigenvalue weighted by atomic mass is 16.5. The minimum atomic E-state index is -0.749. The van der Waals surface area contributed by atoms with E-state index in [1.807, 2.05) is 0 Å². The van der Waals surface area contributed by atoms with Crippen molar-refractivity contribution < 1.29 is 24.2 Å². The molecule has 2 aromatic heterocycles. The molecule has 1 aromatic carbocycles. The molecule has 25 heavy (non-hydrogen) atoms. The van der Waals surface area contributed by atoms with Crippen molar-refractivity contribution in [1.29, 1.82) is 0 Å². The molecule has 0 spiro atoms. The summed E-state index contributed by atoms with van der Waals surface area (Å²) in [7, 11) is 0. The highest BCUT2D eigenvalue weighted by Gasteiger charge is 2.17. The van der Waals surface area contributed by atoms with Crippen molar-refractivity contribution in [2.75, 3.05) is 11.9 Å². The van der Waals surface area contributed by atoms with Gasteiger partial charge in [-0.1, -0.05) is 0 Å². The number of ether oxygens (including phenoxy) is 1. The Labute approximate surface area is 141 Å². The number of aromatic hydroxyl groups is 2. The molecule has 0 bridgehead atoms. The van der Waals surface area contributed by atoms with Gasteiger partial charge in [-0.2, -0.15) is 0 Å². The molecule has 3 N–H and O–H groups in total. The molecule has 1 amide bonds. The number of phenols is 2. The van der Waals surface area contributed by atoms with Crippen LogP contribution in [0.5, 0.6) is 11.5 Å². The van der Waals surface area contributed by atoms with Crippen LogP contribution in [-0.4, -0.2) is 27.9 Å². The molecule has 0 fully saturated rings. The molecule has 2 heterocycles. The Balaban J connectivity index is 2.17. The van der Waals surface area contributed by atoms with Gasteiger partial charge in [0.2, 0.25) is 0 Å². The van der Waals surface area contributed by atoms with Crippen LogP contribution < -0.4 is 10.7 Å². The van der Waals surface area contributed by atoms with Crippen molar-refractivity contribution in [3.05, 3.63) is 46.9 Å². The zero-order chi connectivity index (χ0) is 18.0. The molecule has 0 aliphatic carbocycles. The van der Waals surface area contributed by atoms with Crippen molar-refractivity contribution in [2.24, 2.45) is 0 Å². The minimum absolute atomic E-state index is 0.103. The number of nitrogens with zero attached hydrogens (tertiary/aromatic N) is 1. The van der Waals surface area contributed by atoms with Gasteiger partial charge in [-0.15, -0.1) is 0 Å². The highest BCUT2D eigenvalue weighted by Crippen LogP contribution is 2.37. The monoisotopic (exact) mass is 342 g/mol. The van der Waals surface area contributed by atoms with E-state index in [0.29, 0.717) is 11.0 Å². The second-order valence-electron chi connectivity index (χ2n) is 5.08. The Morgan fingerprint density at radius 2 is 2.04 bits per heavy atom. The van der Waals surface area contributed by atoms with Crippen LogP contribution in [0.25, 0.3) is 22.3 Å². The molecular weight excluding hydrogens is 328 g/mol. The first-order valence-electron chi connectivity index (χ1n) is 7.37. The quantitative estimate of drug-likeness (QED) is 0.494. The van der Waals surface area contributed by atoms with Gasteiger partial charge in [-0.25, -0.2) is 4.79 Å². The Hall–Kier alpha value is -3.55. The summed E-state index contributed by atoms with van der Waals surface area (Å²) in [5.74, 6) is -0.768. The molecular formula is C17H14N2O6. The number of pyridine rings is 1. The SMILES string of the molecule is CCOC(=O)Nc1cc(O)c(O)cc1-c1cc(=O)c2cnccc2o1. The number of aromatic nitrogens is 1. The fourth-order valence-electron chi connectivity index (χ4n) is 2.29. The fourth-order valence-corrected chi connectivity index (χ4v) is 2.29. The van der Waals surface area contributed by atoms with Crippen molar-refractivity contribution >= 4 is 22.7 Å². The lowest BCUT2D eigenvalue weighted by molar-refractivity contribution is 0.168. The number of anilines is 1. The smallest absolute Gasteiger partial charge is 0.411 e. The average molecular weight is 342 g/mol. The van der Waals surface area contributed by atoms with E-state index in [2.05, 4.69) is 10.3 Å². The third-order valence-corrected chi connectivity index (χ3v) is 3.42. The Morgan fingerprint density at radius 3 is 2.80 bits per heavy atom. The van der Waals surface area contributed by atoms with Gasteiger partial charge in [0.15, 0.2) is 16.9 Å². The molecule has 8 heteroatoms. The zero-order valence-corrected chi connectivity index (χ0v) is 13.1. The molecule has 128 valence electrons. The van der Waals surface area contributed by atoms with Gasteiger partial charge in [0.1, 0.15) is 11.3 Å². The molecule has 3 rings (SSSR count).